The van der Waals surface area contributed by atoms with Crippen molar-refractivity contribution in [1.82, 2.24) is 9.88 Å². The lowest BCUT2D eigenvalue weighted by atomic mass is 9.93. The Bertz CT molecular complexity index is 949. The first-order valence-electron chi connectivity index (χ1n) is 10.5. The van der Waals surface area contributed by atoms with E-state index < -0.39 is 0 Å². The maximum atomic E-state index is 9.96. The Labute approximate surface area is 183 Å². The molecule has 30 heavy (non-hydrogen) atoms. The van der Waals surface area contributed by atoms with Gasteiger partial charge in [-0.1, -0.05) is 66.2 Å². The highest BCUT2D eigenvalue weighted by atomic mass is 35.5. The summed E-state index contributed by atoms with van der Waals surface area (Å²) in [5.41, 5.74) is 4.71. The van der Waals surface area contributed by atoms with Gasteiger partial charge in [-0.3, -0.25) is 9.88 Å². The fourth-order valence-electron chi connectivity index (χ4n) is 4.15. The molecule has 1 unspecified atom stereocenters. The molecule has 0 bridgehead atoms. The third kappa shape index (κ3) is 5.17. The van der Waals surface area contributed by atoms with E-state index in [4.69, 9.17) is 11.6 Å². The molecule has 2 aromatic carbocycles. The average molecular weight is 419 g/mol. The van der Waals surface area contributed by atoms with Gasteiger partial charge in [-0.05, 0) is 54.2 Å². The number of rotatable bonds is 6. The van der Waals surface area contributed by atoms with Crippen LogP contribution in [-0.2, 0) is 0 Å². The monoisotopic (exact) mass is 418 g/mol. The molecular weight excluding hydrogens is 392 g/mol. The first-order valence-corrected chi connectivity index (χ1v) is 10.9. The number of pyridine rings is 1. The van der Waals surface area contributed by atoms with E-state index >= 15 is 0 Å². The Hall–Kier alpha value is -2.46. The van der Waals surface area contributed by atoms with Crippen molar-refractivity contribution in [3.05, 3.63) is 107 Å². The molecule has 2 heterocycles. The normalized spacial score (nSPS) is 17.1. The summed E-state index contributed by atoms with van der Waals surface area (Å²) < 4.78 is 0. The van der Waals surface area contributed by atoms with Gasteiger partial charge in [0.2, 0.25) is 0 Å². The molecule has 1 aliphatic rings. The van der Waals surface area contributed by atoms with E-state index in [1.54, 1.807) is 6.20 Å². The zero-order valence-electron chi connectivity index (χ0n) is 17.0. The standard InChI is InChI=1S/C26H27ClN2O/c27-23-10-8-20(9-11-23)25(22-7-4-16-28-19-22)12-13-26(21-5-2-1-3-6-21)29-17-14-24(30)15-18-29/h1-12,16,19,24,26,30H,13-15,17-18H2. The lowest BCUT2D eigenvalue weighted by Crippen LogP contribution is -2.38. The summed E-state index contributed by atoms with van der Waals surface area (Å²) in [6.07, 6.45) is 8.41. The van der Waals surface area contributed by atoms with Crippen molar-refractivity contribution in [1.29, 1.82) is 0 Å². The molecule has 0 saturated carbocycles. The van der Waals surface area contributed by atoms with Crippen LogP contribution in [0.2, 0.25) is 5.02 Å². The number of likely N-dealkylation sites (tertiary alicyclic amines) is 1. The molecule has 3 nitrogen and oxygen atoms in total. The summed E-state index contributed by atoms with van der Waals surface area (Å²) >= 11 is 6.12. The summed E-state index contributed by atoms with van der Waals surface area (Å²) in [4.78, 5) is 6.83. The van der Waals surface area contributed by atoms with Gasteiger partial charge < -0.3 is 5.11 Å². The van der Waals surface area contributed by atoms with Gasteiger partial charge in [0.25, 0.3) is 0 Å². The highest BCUT2D eigenvalue weighted by Gasteiger charge is 2.24. The minimum Gasteiger partial charge on any atom is -0.393 e. The van der Waals surface area contributed by atoms with Gasteiger partial charge in [-0.2, -0.15) is 0 Å². The van der Waals surface area contributed by atoms with Crippen molar-refractivity contribution in [3.8, 4) is 0 Å². The van der Waals surface area contributed by atoms with Crippen LogP contribution < -0.4 is 0 Å². The zero-order chi connectivity index (χ0) is 20.8. The molecule has 1 aliphatic heterocycles. The van der Waals surface area contributed by atoms with E-state index in [9.17, 15) is 5.11 Å². The number of hydrogen-bond donors (Lipinski definition) is 1. The number of hydrogen-bond acceptors (Lipinski definition) is 3. The van der Waals surface area contributed by atoms with Crippen molar-refractivity contribution in [2.75, 3.05) is 13.1 Å². The number of aliphatic hydroxyl groups is 1. The van der Waals surface area contributed by atoms with Gasteiger partial charge in [0.1, 0.15) is 0 Å². The van der Waals surface area contributed by atoms with Crippen LogP contribution in [0.5, 0.6) is 0 Å². The maximum Gasteiger partial charge on any atom is 0.0564 e. The van der Waals surface area contributed by atoms with Gasteiger partial charge in [0.05, 0.1) is 6.10 Å². The summed E-state index contributed by atoms with van der Waals surface area (Å²) in [6.45, 7) is 1.83. The van der Waals surface area contributed by atoms with Crippen LogP contribution >= 0.6 is 11.6 Å². The number of halogens is 1. The smallest absolute Gasteiger partial charge is 0.0564 e. The number of aliphatic hydroxyl groups excluding tert-OH is 1. The molecule has 1 N–H and O–H groups in total. The first-order chi connectivity index (χ1) is 14.7. The average Bonchev–Trinajstić information content (AvgIpc) is 2.80. The lowest BCUT2D eigenvalue weighted by Gasteiger charge is -2.36. The summed E-state index contributed by atoms with van der Waals surface area (Å²) in [6, 6.07) is 23.0. The summed E-state index contributed by atoms with van der Waals surface area (Å²) in [7, 11) is 0. The van der Waals surface area contributed by atoms with Crippen LogP contribution in [0.3, 0.4) is 0 Å². The quantitative estimate of drug-likeness (QED) is 0.553. The molecule has 4 rings (SSSR count). The van der Waals surface area contributed by atoms with Crippen molar-refractivity contribution >= 4 is 17.2 Å². The van der Waals surface area contributed by atoms with Gasteiger partial charge >= 0.3 is 0 Å². The van der Waals surface area contributed by atoms with E-state index in [2.05, 4.69) is 64.5 Å². The van der Waals surface area contributed by atoms with E-state index in [0.29, 0.717) is 0 Å². The number of aromatic nitrogens is 1. The molecule has 1 atom stereocenters. The highest BCUT2D eigenvalue weighted by molar-refractivity contribution is 6.30. The van der Waals surface area contributed by atoms with E-state index in [0.717, 1.165) is 54.1 Å². The molecule has 1 saturated heterocycles. The van der Waals surface area contributed by atoms with Gasteiger partial charge in [0.15, 0.2) is 0 Å². The highest BCUT2D eigenvalue weighted by Crippen LogP contribution is 2.31. The Kier molecular flexibility index (Phi) is 6.96. The largest absolute Gasteiger partial charge is 0.393 e. The van der Waals surface area contributed by atoms with Crippen molar-refractivity contribution in [3.63, 3.8) is 0 Å². The molecule has 3 aromatic rings. The third-order valence-corrected chi connectivity index (χ3v) is 6.05. The second-order valence-corrected chi connectivity index (χ2v) is 8.23. The fourth-order valence-corrected chi connectivity index (χ4v) is 4.28. The molecule has 0 aliphatic carbocycles. The summed E-state index contributed by atoms with van der Waals surface area (Å²) in [5.74, 6) is 0. The van der Waals surface area contributed by atoms with Crippen LogP contribution in [0.15, 0.2) is 85.2 Å². The predicted octanol–water partition coefficient (Wildman–Crippen LogP) is 5.75. The van der Waals surface area contributed by atoms with Crippen LogP contribution in [0.4, 0.5) is 0 Å². The van der Waals surface area contributed by atoms with E-state index in [1.807, 2.05) is 24.4 Å². The molecule has 0 amide bonds. The molecular formula is C26H27ClN2O. The molecule has 0 spiro atoms. The predicted molar refractivity (Wildman–Crippen MR) is 123 cm³/mol. The van der Waals surface area contributed by atoms with Crippen molar-refractivity contribution < 1.29 is 5.11 Å². The second kappa shape index (κ2) is 10.0. The molecule has 1 aromatic heterocycles. The molecule has 4 heteroatoms. The number of piperidine rings is 1. The topological polar surface area (TPSA) is 36.4 Å². The molecule has 0 radical (unpaired) electrons. The van der Waals surface area contributed by atoms with E-state index in [1.165, 1.54) is 5.56 Å². The fraction of sp³-hybridized carbons (Fsp3) is 0.269. The van der Waals surface area contributed by atoms with Crippen molar-refractivity contribution in [2.45, 2.75) is 31.4 Å². The van der Waals surface area contributed by atoms with Crippen molar-refractivity contribution in [2.24, 2.45) is 0 Å². The SMILES string of the molecule is OC1CCN(C(CC=C(c2ccc(Cl)cc2)c2cccnc2)c2ccccc2)CC1. The maximum absolute atomic E-state index is 9.96. The lowest BCUT2D eigenvalue weighted by molar-refractivity contribution is 0.0609. The van der Waals surface area contributed by atoms with Crippen LogP contribution in [0.1, 0.15) is 42.0 Å². The number of benzene rings is 2. The Balaban J connectivity index is 1.67. The molecule has 1 fully saturated rings. The minimum absolute atomic E-state index is 0.173. The van der Waals surface area contributed by atoms with E-state index in [-0.39, 0.29) is 12.1 Å². The van der Waals surface area contributed by atoms with Crippen LogP contribution in [-0.4, -0.2) is 34.2 Å². The van der Waals surface area contributed by atoms with Crippen LogP contribution in [0, 0.1) is 0 Å². The Morgan fingerprint density at radius 1 is 1.00 bits per heavy atom. The van der Waals surface area contributed by atoms with Crippen LogP contribution in [0.25, 0.3) is 5.57 Å². The van der Waals surface area contributed by atoms with Gasteiger partial charge in [-0.25, -0.2) is 0 Å². The zero-order valence-corrected chi connectivity index (χ0v) is 17.7. The van der Waals surface area contributed by atoms with Gasteiger partial charge in [0, 0.05) is 42.1 Å². The van der Waals surface area contributed by atoms with Gasteiger partial charge in [-0.15, -0.1) is 0 Å². The third-order valence-electron chi connectivity index (χ3n) is 5.80. The molecule has 154 valence electrons. The minimum atomic E-state index is -0.173. The second-order valence-electron chi connectivity index (χ2n) is 7.80. The first kappa shape index (κ1) is 20.8. The number of nitrogens with zero attached hydrogens (tertiary/aromatic N) is 2. The Morgan fingerprint density at radius 3 is 2.40 bits per heavy atom. The Morgan fingerprint density at radius 2 is 1.73 bits per heavy atom. The summed E-state index contributed by atoms with van der Waals surface area (Å²) in [5, 5.41) is 10.7.